The number of fused-ring (bicyclic) bond motifs is 2. The summed E-state index contributed by atoms with van der Waals surface area (Å²) in [5.41, 5.74) is 2.32. The van der Waals surface area contributed by atoms with Crippen LogP contribution in [0.1, 0.15) is 55.5 Å². The fourth-order valence-electron chi connectivity index (χ4n) is 6.44. The van der Waals surface area contributed by atoms with Crippen LogP contribution in [0.4, 0.5) is 0 Å². The molecule has 7 N–H and O–H groups in total. The molecule has 3 heterocycles. The minimum Gasteiger partial charge on any atom is -0.480 e. The number of aryl methyl sites for hydroxylation is 1. The van der Waals surface area contributed by atoms with Crippen LogP contribution in [0, 0.1) is 39.9 Å². The van der Waals surface area contributed by atoms with E-state index in [0.29, 0.717) is 63.4 Å². The van der Waals surface area contributed by atoms with Gasteiger partial charge in [-0.05, 0) is 88.9 Å². The number of nitrogens with one attached hydrogen (secondary N) is 4. The number of carbonyl (C=O) groups is 4. The summed E-state index contributed by atoms with van der Waals surface area (Å²) in [6.07, 6.45) is 5.91. The van der Waals surface area contributed by atoms with E-state index in [1.165, 1.54) is 0 Å². The first-order valence-electron chi connectivity index (χ1n) is 18.6. The molecule has 1 aromatic heterocycles. The number of rotatable bonds is 15. The number of carboxylic acid groups (broad SMARTS) is 3. The molecule has 293 valence electrons. The van der Waals surface area contributed by atoms with Crippen molar-refractivity contribution < 1.29 is 74.4 Å². The van der Waals surface area contributed by atoms with Crippen LogP contribution >= 0.6 is 0 Å². The van der Waals surface area contributed by atoms with E-state index >= 15 is 0 Å². The van der Waals surface area contributed by atoms with E-state index in [9.17, 15) is 34.5 Å². The topological polar surface area (TPSA) is 203 Å². The second kappa shape index (κ2) is 27.6. The van der Waals surface area contributed by atoms with Crippen molar-refractivity contribution in [2.45, 2.75) is 58.0 Å². The van der Waals surface area contributed by atoms with Gasteiger partial charge in [0, 0.05) is 78.4 Å². The first kappa shape index (κ1) is 46.2. The van der Waals surface area contributed by atoms with Gasteiger partial charge in [-0.15, -0.1) is 0 Å². The molecule has 17 heteroatoms. The summed E-state index contributed by atoms with van der Waals surface area (Å²) in [5.74, 6) is -2.93. The number of nitrogens with zero attached hydrogens (tertiary/aromatic N) is 5. The second-order valence-corrected chi connectivity index (χ2v) is 13.5. The monoisotopic (exact) mass is 877 g/mol. The minimum atomic E-state index is -1.00. The van der Waals surface area contributed by atoms with Gasteiger partial charge in [0.2, 0.25) is 5.91 Å². The fourth-order valence-corrected chi connectivity index (χ4v) is 6.44. The molecule has 1 radical (unpaired) electrons. The van der Waals surface area contributed by atoms with Gasteiger partial charge in [-0.3, -0.25) is 38.9 Å². The first-order chi connectivity index (χ1) is 24.7. The molecule has 2 aliphatic rings. The quantitative estimate of drug-likeness (QED) is 0.110. The Kier molecular flexibility index (Phi) is 24.6. The van der Waals surface area contributed by atoms with E-state index in [1.807, 2.05) is 12.1 Å². The maximum absolute atomic E-state index is 12.6. The fraction of sp³-hybridized carbons (Fsp3) is 0.743. The van der Waals surface area contributed by atoms with E-state index in [1.54, 1.807) is 14.7 Å². The van der Waals surface area contributed by atoms with Gasteiger partial charge >= 0.3 is 57.8 Å². The standard InChI is InChI=1S/C35H61N9O7.Gd/c45-32(7-1-2-15-41-16-5-10-37-13-12-36-8-4-9-38-14-17-41)39-11-3-6-29-22-30-24-43(27-34(48)49)20-18-42(26-33(46)47)19-21-44(28-35(50)51)25-31(23-29)40-30;/h22-23,36-38H,1-21,24-28H2,(H,39,45)(H,46,47)(H,48,49)(H,50,51);/q;+3. The molecule has 1 fully saturated rings. The van der Waals surface area contributed by atoms with Crippen molar-refractivity contribution in [3.63, 3.8) is 0 Å². The molecular weight excluding hydrogens is 816 g/mol. The van der Waals surface area contributed by atoms with Crippen LogP contribution in [-0.2, 0) is 38.7 Å². The molecule has 52 heavy (non-hydrogen) atoms. The van der Waals surface area contributed by atoms with Crippen molar-refractivity contribution in [1.82, 2.24) is 45.9 Å². The summed E-state index contributed by atoms with van der Waals surface area (Å²) in [6, 6.07) is 3.87. The summed E-state index contributed by atoms with van der Waals surface area (Å²) < 4.78 is 0. The number of aliphatic carboxylic acids is 3. The number of aromatic nitrogens is 1. The largest absolute Gasteiger partial charge is 3.00 e. The van der Waals surface area contributed by atoms with Gasteiger partial charge in [0.1, 0.15) is 0 Å². The number of carboxylic acids is 3. The van der Waals surface area contributed by atoms with Crippen molar-refractivity contribution in [3.8, 4) is 0 Å². The van der Waals surface area contributed by atoms with Crippen LogP contribution in [0.25, 0.3) is 0 Å². The molecule has 16 nitrogen and oxygen atoms in total. The van der Waals surface area contributed by atoms with E-state index in [0.717, 1.165) is 90.1 Å². The molecular formula is C35H61GdN9O7+3. The van der Waals surface area contributed by atoms with Crippen molar-refractivity contribution in [2.75, 3.05) is 111 Å². The number of unbranched alkanes of at least 4 members (excludes halogenated alkanes) is 1. The van der Waals surface area contributed by atoms with Gasteiger partial charge < -0.3 is 41.5 Å². The molecule has 0 aromatic carbocycles. The van der Waals surface area contributed by atoms with Crippen LogP contribution in [0.2, 0.25) is 0 Å². The maximum atomic E-state index is 12.6. The van der Waals surface area contributed by atoms with Crippen molar-refractivity contribution in [1.29, 1.82) is 0 Å². The van der Waals surface area contributed by atoms with E-state index < -0.39 is 17.9 Å². The Bertz CT molecular complexity index is 1150. The normalized spacial score (nSPS) is 18.5. The van der Waals surface area contributed by atoms with Crippen LogP contribution < -0.4 is 21.3 Å². The zero-order valence-electron chi connectivity index (χ0n) is 30.6. The van der Waals surface area contributed by atoms with Gasteiger partial charge in [-0.25, -0.2) is 0 Å². The van der Waals surface area contributed by atoms with Crippen molar-refractivity contribution >= 4 is 23.8 Å². The third-order valence-corrected chi connectivity index (χ3v) is 9.01. The molecule has 1 amide bonds. The number of hydrogen-bond donors (Lipinski definition) is 7. The Morgan fingerprint density at radius 3 is 1.77 bits per heavy atom. The van der Waals surface area contributed by atoms with Crippen LogP contribution in [0.5, 0.6) is 0 Å². The van der Waals surface area contributed by atoms with Crippen molar-refractivity contribution in [3.05, 3.63) is 29.1 Å². The Morgan fingerprint density at radius 1 is 0.635 bits per heavy atom. The second-order valence-electron chi connectivity index (χ2n) is 13.5. The average molecular weight is 877 g/mol. The molecule has 3 rings (SSSR count). The van der Waals surface area contributed by atoms with Crippen LogP contribution in [0.3, 0.4) is 0 Å². The SMILES string of the molecule is O=C(O)CN1CCN(CC(=O)O)Cc2cc(CCCNC(=O)CCCCN3CCCNCCNCCCNCC3)cc(n2)CN(CC(=O)O)CC1.[Gd+3]. The van der Waals surface area contributed by atoms with E-state index in [4.69, 9.17) is 4.98 Å². The summed E-state index contributed by atoms with van der Waals surface area (Å²) in [6.45, 7) is 10.7. The third-order valence-electron chi connectivity index (χ3n) is 9.01. The van der Waals surface area contributed by atoms with E-state index in [2.05, 4.69) is 26.2 Å². The summed E-state index contributed by atoms with van der Waals surface area (Å²) in [4.78, 5) is 59.8. The molecule has 0 atom stereocenters. The average Bonchev–Trinajstić information content (AvgIpc) is 3.06. The molecule has 2 bridgehead atoms. The Hall–Kier alpha value is -1.93. The predicted octanol–water partition coefficient (Wildman–Crippen LogP) is -0.661. The Balaban J connectivity index is 0.00000936. The van der Waals surface area contributed by atoms with Crippen LogP contribution in [0.15, 0.2) is 12.1 Å². The van der Waals surface area contributed by atoms with Gasteiger partial charge in [0.25, 0.3) is 0 Å². The number of carbonyl (C=O) groups excluding carboxylic acids is 1. The molecule has 0 saturated carbocycles. The summed E-state index contributed by atoms with van der Waals surface area (Å²) >= 11 is 0. The molecule has 2 aliphatic heterocycles. The zero-order valence-corrected chi connectivity index (χ0v) is 32.9. The van der Waals surface area contributed by atoms with Gasteiger partial charge in [-0.2, -0.15) is 0 Å². The predicted molar refractivity (Wildman–Crippen MR) is 194 cm³/mol. The molecule has 1 aromatic rings. The number of hydrogen-bond acceptors (Lipinski definition) is 12. The third kappa shape index (κ3) is 21.7. The van der Waals surface area contributed by atoms with E-state index in [-0.39, 0.29) is 78.6 Å². The van der Waals surface area contributed by atoms with Gasteiger partial charge in [0.15, 0.2) is 0 Å². The number of amides is 1. The first-order valence-corrected chi connectivity index (χ1v) is 18.6. The Morgan fingerprint density at radius 2 is 1.17 bits per heavy atom. The molecule has 0 spiro atoms. The maximum Gasteiger partial charge on any atom is 3.00 e. The zero-order chi connectivity index (χ0) is 36.7. The Labute approximate surface area is 340 Å². The molecule has 0 unspecified atom stereocenters. The van der Waals surface area contributed by atoms with Gasteiger partial charge in [0.05, 0.1) is 31.0 Å². The summed E-state index contributed by atoms with van der Waals surface area (Å²) in [7, 11) is 0. The smallest absolute Gasteiger partial charge is 0.480 e. The number of pyridine rings is 1. The summed E-state index contributed by atoms with van der Waals surface area (Å²) in [5, 5.41) is 42.0. The van der Waals surface area contributed by atoms with Gasteiger partial charge in [-0.1, -0.05) is 0 Å². The van der Waals surface area contributed by atoms with Crippen LogP contribution in [-0.4, -0.2) is 175 Å². The minimum absolute atomic E-state index is 0. The van der Waals surface area contributed by atoms with Crippen molar-refractivity contribution in [2.24, 2.45) is 0 Å². The molecule has 1 saturated heterocycles. The molecule has 0 aliphatic carbocycles.